The summed E-state index contributed by atoms with van der Waals surface area (Å²) in [6.07, 6.45) is 6.77. The molecule has 1 aliphatic heterocycles. The van der Waals surface area contributed by atoms with Crippen LogP contribution in [-0.2, 0) is 9.84 Å². The molecule has 5 heteroatoms. The monoisotopic (exact) mass is 277 g/mol. The number of hydrogen-bond donors (Lipinski definition) is 1. The predicted molar refractivity (Wildman–Crippen MR) is 74.3 cm³/mol. The lowest BCUT2D eigenvalue weighted by atomic mass is 9.89. The normalized spacial score (nSPS) is 29.4. The number of hydrogen-bond acceptors (Lipinski definition) is 4. The second kappa shape index (κ2) is 5.93. The van der Waals surface area contributed by atoms with Crippen LogP contribution in [0, 0.1) is 11.8 Å². The summed E-state index contributed by atoms with van der Waals surface area (Å²) in [5.74, 6) is 2.95. The Bertz CT molecular complexity index is 338. The van der Waals surface area contributed by atoms with Crippen molar-refractivity contribution in [1.82, 2.24) is 5.32 Å². The first-order valence-corrected chi connectivity index (χ1v) is 9.75. The number of rotatable bonds is 7. The molecule has 17 heavy (non-hydrogen) atoms. The van der Waals surface area contributed by atoms with Crippen molar-refractivity contribution in [3.05, 3.63) is 0 Å². The van der Waals surface area contributed by atoms with Crippen molar-refractivity contribution in [1.29, 1.82) is 0 Å². The van der Waals surface area contributed by atoms with Crippen LogP contribution in [0.25, 0.3) is 0 Å². The Labute approximate surface area is 109 Å². The molecule has 100 valence electrons. The summed E-state index contributed by atoms with van der Waals surface area (Å²) in [6, 6.07) is 0.727. The molecule has 0 amide bonds. The van der Waals surface area contributed by atoms with Crippen LogP contribution in [0.3, 0.4) is 0 Å². The van der Waals surface area contributed by atoms with Gasteiger partial charge in [-0.2, -0.15) is 11.8 Å². The van der Waals surface area contributed by atoms with Gasteiger partial charge in [0.15, 0.2) is 9.84 Å². The van der Waals surface area contributed by atoms with Crippen LogP contribution >= 0.6 is 11.8 Å². The van der Waals surface area contributed by atoms with Gasteiger partial charge in [0.05, 0.1) is 11.5 Å². The molecule has 2 aliphatic rings. The molecule has 1 N–H and O–H groups in total. The second-order valence-corrected chi connectivity index (χ2v) is 8.60. The Hall–Kier alpha value is 0.260. The summed E-state index contributed by atoms with van der Waals surface area (Å²) in [5.41, 5.74) is 0. The molecule has 0 aromatic heterocycles. The molecule has 1 saturated carbocycles. The molecule has 0 bridgehead atoms. The highest BCUT2D eigenvalue weighted by Crippen LogP contribution is 2.29. The fourth-order valence-corrected chi connectivity index (χ4v) is 5.03. The molecular formula is C12H23NO2S2. The molecule has 0 spiro atoms. The smallest absolute Gasteiger partial charge is 0.150 e. The summed E-state index contributed by atoms with van der Waals surface area (Å²) in [6.45, 7) is 1.02. The van der Waals surface area contributed by atoms with E-state index < -0.39 is 9.84 Å². The summed E-state index contributed by atoms with van der Waals surface area (Å²) in [7, 11) is -2.72. The highest BCUT2D eigenvalue weighted by molar-refractivity contribution is 7.98. The maximum Gasteiger partial charge on any atom is 0.150 e. The maximum absolute atomic E-state index is 11.5. The van der Waals surface area contributed by atoms with Gasteiger partial charge in [0.2, 0.25) is 0 Å². The van der Waals surface area contributed by atoms with Gasteiger partial charge in [0, 0.05) is 6.04 Å². The topological polar surface area (TPSA) is 46.2 Å². The predicted octanol–water partition coefficient (Wildman–Crippen LogP) is 1.54. The number of thioether (sulfide) groups is 1. The Kier molecular flexibility index (Phi) is 4.78. The lowest BCUT2D eigenvalue weighted by molar-refractivity contribution is 0.337. The van der Waals surface area contributed by atoms with Crippen LogP contribution in [-0.4, -0.2) is 44.5 Å². The number of sulfone groups is 1. The maximum atomic E-state index is 11.5. The Morgan fingerprint density at radius 2 is 2.12 bits per heavy atom. The third kappa shape index (κ3) is 4.45. The highest BCUT2D eigenvalue weighted by atomic mass is 32.2. The zero-order valence-electron chi connectivity index (χ0n) is 10.5. The first-order valence-electron chi connectivity index (χ1n) is 6.53. The van der Waals surface area contributed by atoms with Crippen molar-refractivity contribution in [3.8, 4) is 0 Å². The van der Waals surface area contributed by atoms with E-state index in [1.54, 1.807) is 0 Å². The van der Waals surface area contributed by atoms with E-state index in [0.29, 0.717) is 23.3 Å². The molecule has 0 aromatic rings. The van der Waals surface area contributed by atoms with Crippen molar-refractivity contribution in [2.45, 2.75) is 31.7 Å². The van der Waals surface area contributed by atoms with Crippen molar-refractivity contribution >= 4 is 21.6 Å². The molecule has 0 radical (unpaired) electrons. The first-order chi connectivity index (χ1) is 8.11. The minimum atomic E-state index is -2.72. The molecule has 3 nitrogen and oxygen atoms in total. The molecule has 1 saturated heterocycles. The van der Waals surface area contributed by atoms with Crippen LogP contribution < -0.4 is 5.32 Å². The molecule has 2 atom stereocenters. The van der Waals surface area contributed by atoms with Crippen LogP contribution in [0.4, 0.5) is 0 Å². The standard InChI is InChI=1S/C12H23NO2S2/c1-16-6-4-10(8-13-12-2-3-12)11-5-7-17(14,15)9-11/h10-13H,2-9H2,1H3. The van der Waals surface area contributed by atoms with E-state index in [0.717, 1.165) is 31.2 Å². The van der Waals surface area contributed by atoms with Crippen LogP contribution in [0.5, 0.6) is 0 Å². The molecule has 2 unspecified atom stereocenters. The van der Waals surface area contributed by atoms with Gasteiger partial charge < -0.3 is 5.32 Å². The third-order valence-corrected chi connectivity index (χ3v) is 6.31. The first kappa shape index (κ1) is 13.7. The van der Waals surface area contributed by atoms with Gasteiger partial charge in [0.1, 0.15) is 0 Å². The Morgan fingerprint density at radius 1 is 1.35 bits per heavy atom. The molecular weight excluding hydrogens is 254 g/mol. The summed E-state index contributed by atoms with van der Waals surface area (Å²) >= 11 is 1.86. The fourth-order valence-electron chi connectivity index (χ4n) is 2.57. The lowest BCUT2D eigenvalue weighted by Gasteiger charge is -2.22. The van der Waals surface area contributed by atoms with E-state index in [4.69, 9.17) is 0 Å². The molecule has 0 aromatic carbocycles. The molecule has 2 fully saturated rings. The van der Waals surface area contributed by atoms with Crippen molar-refractivity contribution in [2.24, 2.45) is 11.8 Å². The molecule has 2 rings (SSSR count). The van der Waals surface area contributed by atoms with E-state index >= 15 is 0 Å². The van der Waals surface area contributed by atoms with E-state index in [1.165, 1.54) is 12.8 Å². The average Bonchev–Trinajstić information content (AvgIpc) is 3.03. The van der Waals surface area contributed by atoms with Gasteiger partial charge in [-0.05, 0) is 56.1 Å². The summed E-state index contributed by atoms with van der Waals surface area (Å²) in [4.78, 5) is 0. The minimum absolute atomic E-state index is 0.401. The van der Waals surface area contributed by atoms with E-state index in [9.17, 15) is 8.42 Å². The minimum Gasteiger partial charge on any atom is -0.314 e. The quantitative estimate of drug-likeness (QED) is 0.767. The molecule has 1 aliphatic carbocycles. The van der Waals surface area contributed by atoms with Crippen molar-refractivity contribution in [3.63, 3.8) is 0 Å². The second-order valence-electron chi connectivity index (χ2n) is 5.39. The van der Waals surface area contributed by atoms with Crippen LogP contribution in [0.2, 0.25) is 0 Å². The van der Waals surface area contributed by atoms with Gasteiger partial charge in [-0.25, -0.2) is 8.42 Å². The average molecular weight is 277 g/mol. The Morgan fingerprint density at radius 3 is 2.65 bits per heavy atom. The highest BCUT2D eigenvalue weighted by Gasteiger charge is 2.34. The van der Waals surface area contributed by atoms with E-state index in [-0.39, 0.29) is 0 Å². The molecule has 1 heterocycles. The largest absolute Gasteiger partial charge is 0.314 e. The van der Waals surface area contributed by atoms with Crippen molar-refractivity contribution in [2.75, 3.05) is 30.1 Å². The zero-order valence-corrected chi connectivity index (χ0v) is 12.2. The van der Waals surface area contributed by atoms with Crippen LogP contribution in [0.1, 0.15) is 25.7 Å². The van der Waals surface area contributed by atoms with Gasteiger partial charge in [-0.15, -0.1) is 0 Å². The zero-order chi connectivity index (χ0) is 12.3. The number of nitrogens with one attached hydrogen (secondary N) is 1. The van der Waals surface area contributed by atoms with E-state index in [2.05, 4.69) is 11.6 Å². The summed E-state index contributed by atoms with van der Waals surface area (Å²) < 4.78 is 23.1. The lowest BCUT2D eigenvalue weighted by Crippen LogP contribution is -2.30. The third-order valence-electron chi connectivity index (χ3n) is 3.87. The Balaban J connectivity index is 1.84. The van der Waals surface area contributed by atoms with Gasteiger partial charge in [-0.1, -0.05) is 0 Å². The van der Waals surface area contributed by atoms with Crippen molar-refractivity contribution < 1.29 is 8.42 Å². The van der Waals surface area contributed by atoms with Gasteiger partial charge >= 0.3 is 0 Å². The SMILES string of the molecule is CSCCC(CNC1CC1)C1CCS(=O)(=O)C1. The van der Waals surface area contributed by atoms with Crippen LogP contribution in [0.15, 0.2) is 0 Å². The van der Waals surface area contributed by atoms with Gasteiger partial charge in [-0.3, -0.25) is 0 Å². The fraction of sp³-hybridized carbons (Fsp3) is 1.00. The van der Waals surface area contributed by atoms with Gasteiger partial charge in [0.25, 0.3) is 0 Å². The summed E-state index contributed by atoms with van der Waals surface area (Å²) in [5, 5.41) is 3.57. The van der Waals surface area contributed by atoms with E-state index in [1.807, 2.05) is 11.8 Å².